The van der Waals surface area contributed by atoms with Crippen molar-refractivity contribution in [2.45, 2.75) is 19.8 Å². The second-order valence-corrected chi connectivity index (χ2v) is 8.10. The molecular formula is C15H12Br2O2S. The SMILES string of the molecule is Cc1cc(C(=O)Cc2cc(Br)cc3c2OCC3)sc1Br. The van der Waals surface area contributed by atoms with E-state index in [1.165, 1.54) is 16.9 Å². The number of ether oxygens (including phenoxy) is 1. The second kappa shape index (κ2) is 5.62. The van der Waals surface area contributed by atoms with Crippen LogP contribution in [0, 0.1) is 6.92 Å². The molecule has 0 unspecified atom stereocenters. The van der Waals surface area contributed by atoms with Crippen LogP contribution in [0.1, 0.15) is 26.4 Å². The van der Waals surface area contributed by atoms with E-state index >= 15 is 0 Å². The standard InChI is InChI=1S/C15H12Br2O2S/c1-8-4-13(20-15(8)17)12(18)7-10-6-11(16)5-9-2-3-19-14(9)10/h4-6H,2-3,7H2,1H3. The number of benzene rings is 1. The normalized spacial score (nSPS) is 13.2. The van der Waals surface area contributed by atoms with Crippen LogP contribution in [0.2, 0.25) is 0 Å². The number of Topliss-reactive ketones (excluding diaryl/α,β-unsaturated/α-hetero) is 1. The number of aryl methyl sites for hydroxylation is 1. The lowest BCUT2D eigenvalue weighted by atomic mass is 10.0. The van der Waals surface area contributed by atoms with Crippen LogP contribution in [-0.2, 0) is 12.8 Å². The fraction of sp³-hybridized carbons (Fsp3) is 0.267. The van der Waals surface area contributed by atoms with Crippen molar-refractivity contribution in [3.05, 3.63) is 48.0 Å². The Morgan fingerprint density at radius 1 is 1.35 bits per heavy atom. The summed E-state index contributed by atoms with van der Waals surface area (Å²) in [6, 6.07) is 6.00. The molecular weight excluding hydrogens is 404 g/mol. The van der Waals surface area contributed by atoms with Gasteiger partial charge in [0.25, 0.3) is 0 Å². The van der Waals surface area contributed by atoms with E-state index < -0.39 is 0 Å². The van der Waals surface area contributed by atoms with Gasteiger partial charge in [-0.1, -0.05) is 15.9 Å². The molecule has 0 amide bonds. The van der Waals surface area contributed by atoms with Crippen LogP contribution in [0.4, 0.5) is 0 Å². The summed E-state index contributed by atoms with van der Waals surface area (Å²) in [5.74, 6) is 1.04. The van der Waals surface area contributed by atoms with Crippen molar-refractivity contribution in [2.75, 3.05) is 6.61 Å². The number of hydrogen-bond donors (Lipinski definition) is 0. The highest BCUT2D eigenvalue weighted by Crippen LogP contribution is 2.35. The highest BCUT2D eigenvalue weighted by molar-refractivity contribution is 9.11. The van der Waals surface area contributed by atoms with Gasteiger partial charge < -0.3 is 4.74 Å². The Hall–Kier alpha value is -0.650. The molecule has 0 radical (unpaired) electrons. The molecule has 20 heavy (non-hydrogen) atoms. The Kier molecular flexibility index (Phi) is 4.02. The first-order valence-electron chi connectivity index (χ1n) is 6.28. The van der Waals surface area contributed by atoms with E-state index in [1.807, 2.05) is 19.1 Å². The Bertz CT molecular complexity index is 672. The summed E-state index contributed by atoms with van der Waals surface area (Å²) < 4.78 is 7.70. The van der Waals surface area contributed by atoms with E-state index in [4.69, 9.17) is 4.74 Å². The lowest BCUT2D eigenvalue weighted by Crippen LogP contribution is -2.03. The Balaban J connectivity index is 1.90. The minimum atomic E-state index is 0.139. The average molecular weight is 416 g/mol. The van der Waals surface area contributed by atoms with Crippen LogP contribution in [-0.4, -0.2) is 12.4 Å². The van der Waals surface area contributed by atoms with Gasteiger partial charge in [0.15, 0.2) is 5.78 Å². The summed E-state index contributed by atoms with van der Waals surface area (Å²) in [5.41, 5.74) is 3.26. The van der Waals surface area contributed by atoms with E-state index in [9.17, 15) is 4.79 Å². The van der Waals surface area contributed by atoms with Crippen molar-refractivity contribution in [3.63, 3.8) is 0 Å². The topological polar surface area (TPSA) is 26.3 Å². The molecule has 1 aliphatic heterocycles. The highest BCUT2D eigenvalue weighted by atomic mass is 79.9. The number of carbonyl (C=O) groups is 1. The first-order valence-corrected chi connectivity index (χ1v) is 8.68. The number of halogens is 2. The monoisotopic (exact) mass is 414 g/mol. The Labute approximate surface area is 138 Å². The molecule has 1 aromatic heterocycles. The maximum absolute atomic E-state index is 12.4. The van der Waals surface area contributed by atoms with Crippen LogP contribution in [0.5, 0.6) is 5.75 Å². The molecule has 0 saturated heterocycles. The number of carbonyl (C=O) groups excluding carboxylic acids is 1. The molecule has 0 fully saturated rings. The van der Waals surface area contributed by atoms with E-state index in [1.54, 1.807) is 0 Å². The molecule has 5 heteroatoms. The zero-order chi connectivity index (χ0) is 14.3. The minimum absolute atomic E-state index is 0.139. The quantitative estimate of drug-likeness (QED) is 0.663. The van der Waals surface area contributed by atoms with Gasteiger partial charge in [0, 0.05) is 22.9 Å². The molecule has 1 aliphatic rings. The fourth-order valence-electron chi connectivity index (χ4n) is 2.33. The molecule has 2 aromatic rings. The second-order valence-electron chi connectivity index (χ2n) is 4.82. The highest BCUT2D eigenvalue weighted by Gasteiger charge is 2.20. The zero-order valence-corrected chi connectivity index (χ0v) is 14.8. The van der Waals surface area contributed by atoms with Crippen molar-refractivity contribution in [3.8, 4) is 5.75 Å². The van der Waals surface area contributed by atoms with Gasteiger partial charge in [-0.25, -0.2) is 0 Å². The summed E-state index contributed by atoms with van der Waals surface area (Å²) >= 11 is 8.46. The summed E-state index contributed by atoms with van der Waals surface area (Å²) in [4.78, 5) is 13.2. The van der Waals surface area contributed by atoms with Crippen molar-refractivity contribution >= 4 is 49.0 Å². The summed E-state index contributed by atoms with van der Waals surface area (Å²) in [6.45, 7) is 2.70. The van der Waals surface area contributed by atoms with Crippen molar-refractivity contribution in [2.24, 2.45) is 0 Å². The number of hydrogen-bond acceptors (Lipinski definition) is 3. The van der Waals surface area contributed by atoms with E-state index in [2.05, 4.69) is 37.9 Å². The van der Waals surface area contributed by atoms with Gasteiger partial charge in [-0.05, 0) is 52.2 Å². The molecule has 2 nitrogen and oxygen atoms in total. The largest absolute Gasteiger partial charge is 0.493 e. The Morgan fingerprint density at radius 3 is 2.85 bits per heavy atom. The first kappa shape index (κ1) is 14.3. The molecule has 0 N–H and O–H groups in total. The molecule has 0 bridgehead atoms. The first-order chi connectivity index (χ1) is 9.54. The smallest absolute Gasteiger partial charge is 0.177 e. The van der Waals surface area contributed by atoms with Gasteiger partial charge in [0.2, 0.25) is 0 Å². The van der Waals surface area contributed by atoms with Crippen LogP contribution in [0.15, 0.2) is 26.5 Å². The third-order valence-corrected chi connectivity index (χ3v) is 5.94. The number of thiophene rings is 1. The maximum atomic E-state index is 12.4. The van der Waals surface area contributed by atoms with Gasteiger partial charge >= 0.3 is 0 Å². The average Bonchev–Trinajstić information content (AvgIpc) is 2.97. The summed E-state index contributed by atoms with van der Waals surface area (Å²) in [5, 5.41) is 0. The number of fused-ring (bicyclic) bond motifs is 1. The number of ketones is 1. The van der Waals surface area contributed by atoms with Crippen LogP contribution >= 0.6 is 43.2 Å². The third-order valence-electron chi connectivity index (χ3n) is 3.31. The zero-order valence-electron chi connectivity index (χ0n) is 10.8. The van der Waals surface area contributed by atoms with Crippen molar-refractivity contribution in [1.82, 2.24) is 0 Å². The van der Waals surface area contributed by atoms with Crippen LogP contribution in [0.25, 0.3) is 0 Å². The van der Waals surface area contributed by atoms with Gasteiger partial charge in [-0.15, -0.1) is 11.3 Å². The molecule has 104 valence electrons. The minimum Gasteiger partial charge on any atom is -0.493 e. The lowest BCUT2D eigenvalue weighted by molar-refractivity contribution is 0.0996. The molecule has 0 atom stereocenters. The number of rotatable bonds is 3. The van der Waals surface area contributed by atoms with E-state index in [0.717, 1.165) is 36.4 Å². The van der Waals surface area contributed by atoms with Gasteiger partial charge in [0.05, 0.1) is 15.3 Å². The molecule has 0 spiro atoms. The molecule has 0 saturated carbocycles. The van der Waals surface area contributed by atoms with Gasteiger partial charge in [0.1, 0.15) is 5.75 Å². The summed E-state index contributed by atoms with van der Waals surface area (Å²) in [6.07, 6.45) is 1.30. The van der Waals surface area contributed by atoms with E-state index in [0.29, 0.717) is 13.0 Å². The predicted molar refractivity (Wildman–Crippen MR) is 88.1 cm³/mol. The predicted octanol–water partition coefficient (Wildman–Crippen LogP) is 4.94. The Morgan fingerprint density at radius 2 is 2.15 bits per heavy atom. The summed E-state index contributed by atoms with van der Waals surface area (Å²) in [7, 11) is 0. The maximum Gasteiger partial charge on any atom is 0.177 e. The van der Waals surface area contributed by atoms with Gasteiger partial charge in [-0.3, -0.25) is 4.79 Å². The van der Waals surface area contributed by atoms with Crippen molar-refractivity contribution < 1.29 is 9.53 Å². The van der Waals surface area contributed by atoms with E-state index in [-0.39, 0.29) is 5.78 Å². The molecule has 0 aliphatic carbocycles. The lowest BCUT2D eigenvalue weighted by Gasteiger charge is -2.08. The van der Waals surface area contributed by atoms with Crippen LogP contribution < -0.4 is 4.74 Å². The molecule has 3 rings (SSSR count). The van der Waals surface area contributed by atoms with Crippen molar-refractivity contribution in [1.29, 1.82) is 0 Å². The molecule has 2 heterocycles. The third kappa shape index (κ3) is 2.71. The van der Waals surface area contributed by atoms with Gasteiger partial charge in [-0.2, -0.15) is 0 Å². The fourth-order valence-corrected chi connectivity index (χ4v) is 4.36. The van der Waals surface area contributed by atoms with Crippen LogP contribution in [0.3, 0.4) is 0 Å². The molecule has 1 aromatic carbocycles.